The molecule has 0 aliphatic heterocycles. The number of benzene rings is 1. The van der Waals surface area contributed by atoms with Gasteiger partial charge in [-0.05, 0) is 32.0 Å². The summed E-state index contributed by atoms with van der Waals surface area (Å²) in [5.41, 5.74) is 3.96. The smallest absolute Gasteiger partial charge is 0.185 e. The largest absolute Gasteiger partial charge is 0.453 e. The van der Waals surface area contributed by atoms with E-state index in [1.165, 1.54) is 0 Å². The number of rotatable bonds is 3. The molecular weight excluding hydrogens is 252 g/mol. The van der Waals surface area contributed by atoms with Crippen LogP contribution in [0.15, 0.2) is 40.8 Å². The third kappa shape index (κ3) is 2.16. The third-order valence-electron chi connectivity index (χ3n) is 3.29. The van der Waals surface area contributed by atoms with E-state index in [0.29, 0.717) is 17.8 Å². The summed E-state index contributed by atoms with van der Waals surface area (Å²) in [5, 5.41) is 0. The van der Waals surface area contributed by atoms with Crippen LogP contribution in [0.1, 0.15) is 21.9 Å². The van der Waals surface area contributed by atoms with Crippen LogP contribution in [0.5, 0.6) is 0 Å². The summed E-state index contributed by atoms with van der Waals surface area (Å²) in [6.45, 7) is 3.97. The molecule has 0 atom stereocenters. The van der Waals surface area contributed by atoms with Crippen LogP contribution in [0, 0.1) is 13.8 Å². The maximum Gasteiger partial charge on any atom is 0.185 e. The van der Waals surface area contributed by atoms with Crippen molar-refractivity contribution in [2.45, 2.75) is 13.8 Å². The zero-order valence-corrected chi connectivity index (χ0v) is 11.3. The van der Waals surface area contributed by atoms with Crippen LogP contribution in [-0.4, -0.2) is 16.3 Å². The number of hydrogen-bond donors (Lipinski definition) is 1. The number of nitrogens with one attached hydrogen (secondary N) is 1. The first-order chi connectivity index (χ1) is 9.67. The van der Waals surface area contributed by atoms with Gasteiger partial charge in [0.25, 0.3) is 0 Å². The number of hydrogen-bond acceptors (Lipinski definition) is 3. The van der Waals surface area contributed by atoms with E-state index in [1.807, 2.05) is 38.1 Å². The molecule has 20 heavy (non-hydrogen) atoms. The van der Waals surface area contributed by atoms with Gasteiger partial charge in [-0.1, -0.05) is 18.2 Å². The van der Waals surface area contributed by atoms with Gasteiger partial charge in [-0.3, -0.25) is 4.79 Å². The molecule has 0 saturated heterocycles. The van der Waals surface area contributed by atoms with Gasteiger partial charge in [0.05, 0.1) is 5.69 Å². The lowest BCUT2D eigenvalue weighted by molar-refractivity contribution is 0.110. The second-order valence-corrected chi connectivity index (χ2v) is 4.70. The molecule has 3 rings (SSSR count). The average molecular weight is 266 g/mol. The quantitative estimate of drug-likeness (QED) is 0.734. The lowest BCUT2D eigenvalue weighted by Crippen LogP contribution is -1.82. The van der Waals surface area contributed by atoms with Gasteiger partial charge < -0.3 is 9.40 Å². The van der Waals surface area contributed by atoms with Gasteiger partial charge >= 0.3 is 0 Å². The topological polar surface area (TPSA) is 58.9 Å². The molecule has 0 bridgehead atoms. The highest BCUT2D eigenvalue weighted by Crippen LogP contribution is 2.26. The zero-order valence-electron chi connectivity index (χ0n) is 11.3. The molecule has 0 amide bonds. The van der Waals surface area contributed by atoms with Gasteiger partial charge in [-0.25, -0.2) is 4.98 Å². The molecule has 0 spiro atoms. The van der Waals surface area contributed by atoms with Crippen molar-refractivity contribution in [2.24, 2.45) is 0 Å². The summed E-state index contributed by atoms with van der Waals surface area (Å²) in [7, 11) is 0. The van der Waals surface area contributed by atoms with Crippen molar-refractivity contribution in [3.63, 3.8) is 0 Å². The molecule has 0 unspecified atom stereocenters. The summed E-state index contributed by atoms with van der Waals surface area (Å²) in [4.78, 5) is 18.4. The monoisotopic (exact) mass is 266 g/mol. The number of imidazole rings is 1. The highest BCUT2D eigenvalue weighted by Gasteiger charge is 2.08. The lowest BCUT2D eigenvalue weighted by Gasteiger charge is -2.00. The second kappa shape index (κ2) is 4.81. The fourth-order valence-corrected chi connectivity index (χ4v) is 2.08. The van der Waals surface area contributed by atoms with Crippen LogP contribution in [0.2, 0.25) is 0 Å². The average Bonchev–Trinajstić information content (AvgIpc) is 3.07. The van der Waals surface area contributed by atoms with Gasteiger partial charge in [0.2, 0.25) is 0 Å². The lowest BCUT2D eigenvalue weighted by atomic mass is 10.1. The fourth-order valence-electron chi connectivity index (χ4n) is 2.08. The minimum atomic E-state index is 0.329. The molecule has 1 aromatic carbocycles. The van der Waals surface area contributed by atoms with Gasteiger partial charge in [0, 0.05) is 16.8 Å². The van der Waals surface area contributed by atoms with E-state index in [0.717, 1.165) is 28.3 Å². The van der Waals surface area contributed by atoms with Crippen molar-refractivity contribution in [3.8, 4) is 22.7 Å². The Hall–Kier alpha value is -2.62. The molecule has 0 aliphatic rings. The van der Waals surface area contributed by atoms with Crippen molar-refractivity contribution in [1.82, 2.24) is 9.97 Å². The van der Waals surface area contributed by atoms with E-state index in [2.05, 4.69) is 9.97 Å². The first-order valence-corrected chi connectivity index (χ1v) is 6.36. The van der Waals surface area contributed by atoms with Crippen LogP contribution in [0.4, 0.5) is 0 Å². The highest BCUT2D eigenvalue weighted by atomic mass is 16.3. The minimum Gasteiger partial charge on any atom is -0.453 e. The maximum absolute atomic E-state index is 10.7. The molecule has 0 saturated carbocycles. The summed E-state index contributed by atoms with van der Waals surface area (Å²) in [6.07, 6.45) is 0.701. The first kappa shape index (κ1) is 12.4. The number of aldehydes is 1. The van der Waals surface area contributed by atoms with E-state index in [-0.39, 0.29) is 0 Å². The number of carbonyl (C=O) groups is 1. The molecule has 0 fully saturated rings. The minimum absolute atomic E-state index is 0.329. The molecule has 100 valence electrons. The number of carbonyl (C=O) groups excluding carboxylic acids is 1. The summed E-state index contributed by atoms with van der Waals surface area (Å²) < 4.78 is 5.44. The van der Waals surface area contributed by atoms with Gasteiger partial charge in [0.1, 0.15) is 11.6 Å². The van der Waals surface area contributed by atoms with Crippen molar-refractivity contribution in [1.29, 1.82) is 0 Å². The Balaban J connectivity index is 2.03. The Morgan fingerprint density at radius 2 is 1.95 bits per heavy atom. The van der Waals surface area contributed by atoms with E-state index in [1.54, 1.807) is 12.1 Å². The van der Waals surface area contributed by atoms with Crippen molar-refractivity contribution in [3.05, 3.63) is 53.5 Å². The Morgan fingerprint density at radius 3 is 2.60 bits per heavy atom. The molecule has 4 nitrogen and oxygen atoms in total. The number of furan rings is 1. The van der Waals surface area contributed by atoms with Gasteiger partial charge in [0.15, 0.2) is 12.0 Å². The zero-order chi connectivity index (χ0) is 14.1. The number of H-pyrrole nitrogens is 1. The Morgan fingerprint density at radius 1 is 1.15 bits per heavy atom. The molecule has 2 aromatic heterocycles. The summed E-state index contributed by atoms with van der Waals surface area (Å²) in [5.74, 6) is 1.84. The molecular formula is C16H14N2O2. The Bertz CT molecular complexity index is 749. The molecule has 2 heterocycles. The summed E-state index contributed by atoms with van der Waals surface area (Å²) >= 11 is 0. The molecule has 4 heteroatoms. The normalized spacial score (nSPS) is 10.7. The fraction of sp³-hybridized carbons (Fsp3) is 0.125. The third-order valence-corrected chi connectivity index (χ3v) is 3.29. The van der Waals surface area contributed by atoms with E-state index in [9.17, 15) is 4.79 Å². The van der Waals surface area contributed by atoms with E-state index < -0.39 is 0 Å². The number of aryl methyl sites for hydroxylation is 2. The van der Waals surface area contributed by atoms with Crippen molar-refractivity contribution >= 4 is 6.29 Å². The predicted octanol–water partition coefficient (Wildman–Crippen LogP) is 3.77. The van der Waals surface area contributed by atoms with Crippen LogP contribution >= 0.6 is 0 Å². The number of aromatic amines is 1. The first-order valence-electron chi connectivity index (χ1n) is 6.36. The van der Waals surface area contributed by atoms with Crippen LogP contribution in [0.25, 0.3) is 22.7 Å². The number of aromatic nitrogens is 2. The van der Waals surface area contributed by atoms with Crippen LogP contribution in [-0.2, 0) is 0 Å². The van der Waals surface area contributed by atoms with Gasteiger partial charge in [-0.15, -0.1) is 0 Å². The summed E-state index contributed by atoms with van der Waals surface area (Å²) in [6, 6.07) is 11.3. The van der Waals surface area contributed by atoms with Crippen molar-refractivity contribution in [2.75, 3.05) is 0 Å². The molecule has 1 N–H and O–H groups in total. The standard InChI is InChI=1S/C16H14N2O2/c1-10-11(2)18-16(17-10)13-5-3-4-12(8-13)15-7-6-14(9-19)20-15/h3-9H,1-2H3,(H,17,18). The van der Waals surface area contributed by atoms with E-state index in [4.69, 9.17) is 4.42 Å². The van der Waals surface area contributed by atoms with Crippen molar-refractivity contribution < 1.29 is 9.21 Å². The second-order valence-electron chi connectivity index (χ2n) is 4.70. The molecule has 3 aromatic rings. The predicted molar refractivity (Wildman–Crippen MR) is 76.6 cm³/mol. The Kier molecular flexibility index (Phi) is 2.99. The number of nitrogens with zero attached hydrogens (tertiary/aromatic N) is 1. The Labute approximate surface area is 116 Å². The SMILES string of the molecule is Cc1nc(-c2cccc(-c3ccc(C=O)o3)c2)[nH]c1C. The van der Waals surface area contributed by atoms with E-state index >= 15 is 0 Å². The van der Waals surface area contributed by atoms with Crippen LogP contribution < -0.4 is 0 Å². The maximum atomic E-state index is 10.7. The highest BCUT2D eigenvalue weighted by molar-refractivity contribution is 5.74. The molecule has 0 radical (unpaired) electrons. The van der Waals surface area contributed by atoms with Crippen LogP contribution in [0.3, 0.4) is 0 Å². The molecule has 0 aliphatic carbocycles. The van der Waals surface area contributed by atoms with Gasteiger partial charge in [-0.2, -0.15) is 0 Å².